The number of aromatic nitrogens is 3. The third kappa shape index (κ3) is 3.22. The second kappa shape index (κ2) is 5.97. The van der Waals surface area contributed by atoms with Gasteiger partial charge in [0.2, 0.25) is 11.8 Å². The summed E-state index contributed by atoms with van der Waals surface area (Å²) in [5.41, 5.74) is 8.61. The Morgan fingerprint density at radius 1 is 1.14 bits per heavy atom. The van der Waals surface area contributed by atoms with Crippen LogP contribution >= 0.6 is 11.8 Å². The van der Waals surface area contributed by atoms with Gasteiger partial charge in [-0.25, -0.2) is 4.98 Å². The number of thioether (sulfide) groups is 1. The normalized spacial score (nSPS) is 10.7. The van der Waals surface area contributed by atoms with Crippen molar-refractivity contribution in [3.05, 3.63) is 54.0 Å². The molecule has 106 valence electrons. The lowest BCUT2D eigenvalue weighted by molar-refractivity contribution is 0.528. The van der Waals surface area contributed by atoms with Gasteiger partial charge in [-0.1, -0.05) is 29.5 Å². The number of nitrogen functional groups attached to an aromatic ring is 1. The van der Waals surface area contributed by atoms with Crippen LogP contribution in [0.2, 0.25) is 0 Å². The number of nitrogens with two attached hydrogens (primary N) is 1. The smallest absolute Gasteiger partial charge is 0.247 e. The lowest BCUT2D eigenvalue weighted by Gasteiger charge is -2.00. The molecule has 0 aliphatic carbocycles. The van der Waals surface area contributed by atoms with Gasteiger partial charge in [-0.15, -0.1) is 10.2 Å². The summed E-state index contributed by atoms with van der Waals surface area (Å²) in [6.45, 7) is 2.04. The zero-order chi connectivity index (χ0) is 14.7. The molecule has 0 aliphatic heterocycles. The van der Waals surface area contributed by atoms with Crippen LogP contribution in [-0.2, 0) is 5.75 Å². The Morgan fingerprint density at radius 2 is 1.95 bits per heavy atom. The number of nitrogens with zero attached hydrogens (tertiary/aromatic N) is 3. The Balaban J connectivity index is 1.71. The molecule has 0 fully saturated rings. The Labute approximate surface area is 126 Å². The van der Waals surface area contributed by atoms with E-state index >= 15 is 0 Å². The minimum Gasteiger partial charge on any atom is -0.420 e. The maximum atomic E-state index is 5.85. The van der Waals surface area contributed by atoms with Gasteiger partial charge >= 0.3 is 0 Å². The standard InChI is InChI=1S/C15H14N4OS/c1-10-4-6-11(7-5-10)14-19-18-13(20-14)9-21-15-12(16)3-2-8-17-15/h2-8H,9,16H2,1H3. The Bertz CT molecular complexity index is 739. The average molecular weight is 298 g/mol. The molecule has 3 rings (SSSR count). The lowest BCUT2D eigenvalue weighted by Crippen LogP contribution is -1.91. The van der Waals surface area contributed by atoms with Crippen LogP contribution in [0.5, 0.6) is 0 Å². The van der Waals surface area contributed by atoms with Gasteiger partial charge in [-0.05, 0) is 31.2 Å². The minimum atomic E-state index is 0.527. The molecule has 0 unspecified atom stereocenters. The molecule has 3 aromatic rings. The van der Waals surface area contributed by atoms with Crippen LogP contribution < -0.4 is 5.73 Å². The minimum absolute atomic E-state index is 0.527. The van der Waals surface area contributed by atoms with Crippen LogP contribution in [0, 0.1) is 6.92 Å². The van der Waals surface area contributed by atoms with Crippen molar-refractivity contribution < 1.29 is 4.42 Å². The molecule has 0 radical (unpaired) electrons. The first-order valence-electron chi connectivity index (χ1n) is 6.45. The van der Waals surface area contributed by atoms with E-state index in [-0.39, 0.29) is 0 Å². The first-order chi connectivity index (χ1) is 10.2. The summed E-state index contributed by atoms with van der Waals surface area (Å²) in [6, 6.07) is 11.6. The van der Waals surface area contributed by atoms with Gasteiger partial charge in [0.1, 0.15) is 5.03 Å². The summed E-state index contributed by atoms with van der Waals surface area (Å²) in [5.74, 6) is 1.63. The molecule has 2 aromatic heterocycles. The van der Waals surface area contributed by atoms with Crippen molar-refractivity contribution in [1.29, 1.82) is 0 Å². The van der Waals surface area contributed by atoms with E-state index in [4.69, 9.17) is 10.2 Å². The highest BCUT2D eigenvalue weighted by atomic mass is 32.2. The van der Waals surface area contributed by atoms with Crippen LogP contribution in [0.15, 0.2) is 52.0 Å². The van der Waals surface area contributed by atoms with E-state index in [1.807, 2.05) is 43.3 Å². The van der Waals surface area contributed by atoms with Crippen LogP contribution in [0.1, 0.15) is 11.5 Å². The number of rotatable bonds is 4. The van der Waals surface area contributed by atoms with Crippen molar-refractivity contribution in [3.8, 4) is 11.5 Å². The molecule has 6 heteroatoms. The van der Waals surface area contributed by atoms with Gasteiger partial charge in [0.15, 0.2) is 0 Å². The second-order valence-corrected chi connectivity index (χ2v) is 5.52. The van der Waals surface area contributed by atoms with Crippen LogP contribution in [0.3, 0.4) is 0 Å². The quantitative estimate of drug-likeness (QED) is 0.744. The number of anilines is 1. The van der Waals surface area contributed by atoms with Gasteiger partial charge < -0.3 is 10.2 Å². The van der Waals surface area contributed by atoms with Gasteiger partial charge in [-0.2, -0.15) is 0 Å². The first kappa shape index (κ1) is 13.6. The van der Waals surface area contributed by atoms with Crippen molar-refractivity contribution in [2.75, 3.05) is 5.73 Å². The van der Waals surface area contributed by atoms with Crippen molar-refractivity contribution in [3.63, 3.8) is 0 Å². The molecule has 0 aliphatic rings. The predicted molar refractivity (Wildman–Crippen MR) is 82.7 cm³/mol. The van der Waals surface area contributed by atoms with Gasteiger partial charge in [0, 0.05) is 11.8 Å². The fourth-order valence-electron chi connectivity index (χ4n) is 1.78. The second-order valence-electron chi connectivity index (χ2n) is 4.55. The largest absolute Gasteiger partial charge is 0.420 e. The SMILES string of the molecule is Cc1ccc(-c2nnc(CSc3ncccc3N)o2)cc1. The zero-order valence-electron chi connectivity index (χ0n) is 11.5. The maximum Gasteiger partial charge on any atom is 0.247 e. The van der Waals surface area contributed by atoms with Gasteiger partial charge in [-0.3, -0.25) is 0 Å². The number of hydrogen-bond acceptors (Lipinski definition) is 6. The monoisotopic (exact) mass is 298 g/mol. The summed E-state index contributed by atoms with van der Waals surface area (Å²) in [4.78, 5) is 4.22. The third-order valence-electron chi connectivity index (χ3n) is 2.90. The summed E-state index contributed by atoms with van der Waals surface area (Å²) in [5, 5.41) is 8.89. The molecule has 0 spiro atoms. The van der Waals surface area contributed by atoms with Crippen molar-refractivity contribution in [2.45, 2.75) is 17.7 Å². The fraction of sp³-hybridized carbons (Fsp3) is 0.133. The first-order valence-corrected chi connectivity index (χ1v) is 7.43. The van der Waals surface area contributed by atoms with E-state index in [0.29, 0.717) is 23.2 Å². The van der Waals surface area contributed by atoms with E-state index in [1.54, 1.807) is 6.20 Å². The molecule has 0 amide bonds. The van der Waals surface area contributed by atoms with Crippen molar-refractivity contribution >= 4 is 17.4 Å². The molecule has 0 saturated heterocycles. The highest BCUT2D eigenvalue weighted by Crippen LogP contribution is 2.26. The molecule has 2 N–H and O–H groups in total. The van der Waals surface area contributed by atoms with Gasteiger partial charge in [0.25, 0.3) is 0 Å². The topological polar surface area (TPSA) is 77.8 Å². The highest BCUT2D eigenvalue weighted by molar-refractivity contribution is 7.98. The average Bonchev–Trinajstić information content (AvgIpc) is 2.96. The van der Waals surface area contributed by atoms with E-state index in [1.165, 1.54) is 17.3 Å². The summed E-state index contributed by atoms with van der Waals surface area (Å²) < 4.78 is 5.66. The number of benzene rings is 1. The maximum absolute atomic E-state index is 5.85. The van der Waals surface area contributed by atoms with Crippen LogP contribution in [0.4, 0.5) is 5.69 Å². The van der Waals surface area contributed by atoms with Crippen LogP contribution in [0.25, 0.3) is 11.5 Å². The van der Waals surface area contributed by atoms with Crippen LogP contribution in [-0.4, -0.2) is 15.2 Å². The Kier molecular flexibility index (Phi) is 3.87. The molecular weight excluding hydrogens is 284 g/mol. The summed E-state index contributed by atoms with van der Waals surface area (Å²) in [7, 11) is 0. The molecule has 0 saturated carbocycles. The Morgan fingerprint density at radius 3 is 2.71 bits per heavy atom. The molecular formula is C15H14N4OS. The van der Waals surface area contributed by atoms with E-state index in [9.17, 15) is 0 Å². The van der Waals surface area contributed by atoms with E-state index in [2.05, 4.69) is 15.2 Å². The number of pyridine rings is 1. The number of aryl methyl sites for hydroxylation is 1. The van der Waals surface area contributed by atoms with Crippen molar-refractivity contribution in [2.24, 2.45) is 0 Å². The van der Waals surface area contributed by atoms with Crippen molar-refractivity contribution in [1.82, 2.24) is 15.2 Å². The lowest BCUT2D eigenvalue weighted by atomic mass is 10.1. The molecule has 0 atom stereocenters. The zero-order valence-corrected chi connectivity index (χ0v) is 12.3. The van der Waals surface area contributed by atoms with E-state index < -0.39 is 0 Å². The summed E-state index contributed by atoms with van der Waals surface area (Å²) >= 11 is 1.48. The Hall–Kier alpha value is -2.34. The van der Waals surface area contributed by atoms with E-state index in [0.717, 1.165) is 10.6 Å². The fourth-order valence-corrected chi connectivity index (χ4v) is 2.53. The third-order valence-corrected chi connectivity index (χ3v) is 3.90. The highest BCUT2D eigenvalue weighted by Gasteiger charge is 2.10. The molecule has 21 heavy (non-hydrogen) atoms. The molecule has 5 nitrogen and oxygen atoms in total. The van der Waals surface area contributed by atoms with Gasteiger partial charge in [0.05, 0.1) is 11.4 Å². The predicted octanol–water partition coefficient (Wildman–Crippen LogP) is 3.31. The molecule has 1 aromatic carbocycles. The molecule has 2 heterocycles. The number of hydrogen-bond donors (Lipinski definition) is 1. The summed E-state index contributed by atoms with van der Waals surface area (Å²) in [6.07, 6.45) is 1.71. The molecule has 0 bridgehead atoms.